The van der Waals surface area contributed by atoms with Gasteiger partial charge in [-0.25, -0.2) is 4.79 Å². The van der Waals surface area contributed by atoms with Gasteiger partial charge in [0.1, 0.15) is 5.56 Å². The highest BCUT2D eigenvalue weighted by atomic mass is 79.9. The highest BCUT2D eigenvalue weighted by Crippen LogP contribution is 2.20. The summed E-state index contributed by atoms with van der Waals surface area (Å²) in [4.78, 5) is 11.0. The van der Waals surface area contributed by atoms with E-state index in [1.54, 1.807) is 24.3 Å². The van der Waals surface area contributed by atoms with Gasteiger partial charge in [0.25, 0.3) is 0 Å². The van der Waals surface area contributed by atoms with Crippen molar-refractivity contribution >= 4 is 38.5 Å². The van der Waals surface area contributed by atoms with Crippen LogP contribution in [0.25, 0.3) is 0 Å². The topological polar surface area (TPSA) is 35.5 Å². The van der Waals surface area contributed by atoms with Gasteiger partial charge in [0.2, 0.25) is 0 Å². The van der Waals surface area contributed by atoms with Gasteiger partial charge in [-0.3, -0.25) is 0 Å². The molecule has 12 heavy (non-hydrogen) atoms. The average Bonchev–Trinajstić information content (AvgIpc) is 2.16. The number of carbonyl (C=O) groups is 1. The molecule has 0 aromatic heterocycles. The smallest absolute Gasteiger partial charge is 0.353 e. The second kappa shape index (κ2) is 4.47. The molecule has 0 aliphatic rings. The van der Waals surface area contributed by atoms with Crippen molar-refractivity contribution in [1.29, 1.82) is 0 Å². The van der Waals surface area contributed by atoms with Gasteiger partial charge in [0.15, 0.2) is 38.3 Å². The second-order valence-electron chi connectivity index (χ2n) is 1.94. The van der Waals surface area contributed by atoms with E-state index in [1.807, 2.05) is 0 Å². The van der Waals surface area contributed by atoms with E-state index >= 15 is 0 Å². The molecule has 5 heteroatoms. The molecule has 1 aromatic rings. The van der Waals surface area contributed by atoms with Crippen LogP contribution in [-0.2, 0) is 3.83 Å². The van der Waals surface area contributed by atoms with Crippen LogP contribution in [0.2, 0.25) is 0 Å². The molecule has 1 aromatic carbocycles. The monoisotopic (exact) mass is 294 g/mol. The second-order valence-corrected chi connectivity index (χ2v) is 2.59. The third-order valence-electron chi connectivity index (χ3n) is 1.26. The number of para-hydroxylation sites is 1. The average molecular weight is 296 g/mol. The summed E-state index contributed by atoms with van der Waals surface area (Å²) in [6.07, 6.45) is 0. The Kier molecular flexibility index (Phi) is 3.55. The predicted molar refractivity (Wildman–Crippen MR) is 50.3 cm³/mol. The standard InChI is InChI=1S/C7H4Br2O3/c8-11-6-4-2-1-3-5(6)7(10)12-9/h1-4H. The fourth-order valence-electron chi connectivity index (χ4n) is 0.744. The van der Waals surface area contributed by atoms with Crippen LogP contribution in [0.4, 0.5) is 0 Å². The van der Waals surface area contributed by atoms with Crippen molar-refractivity contribution in [1.82, 2.24) is 0 Å². The first-order valence-electron chi connectivity index (χ1n) is 3.00. The Morgan fingerprint density at radius 1 is 1.25 bits per heavy atom. The zero-order valence-electron chi connectivity index (χ0n) is 5.79. The number of hydrogen-bond acceptors (Lipinski definition) is 3. The van der Waals surface area contributed by atoms with E-state index in [9.17, 15) is 4.79 Å². The normalized spacial score (nSPS) is 9.17. The van der Waals surface area contributed by atoms with Crippen LogP contribution in [-0.4, -0.2) is 5.97 Å². The molecule has 1 rings (SSSR count). The Morgan fingerprint density at radius 3 is 2.50 bits per heavy atom. The zero-order chi connectivity index (χ0) is 8.97. The molecule has 0 heterocycles. The molecule has 0 bridgehead atoms. The quantitative estimate of drug-likeness (QED) is 0.842. The Hall–Kier alpha value is -0.550. The maximum absolute atomic E-state index is 11.0. The van der Waals surface area contributed by atoms with Crippen LogP contribution in [0.5, 0.6) is 5.75 Å². The predicted octanol–water partition coefficient (Wildman–Crippen LogP) is 2.84. The van der Waals surface area contributed by atoms with Crippen molar-refractivity contribution in [3.8, 4) is 5.75 Å². The van der Waals surface area contributed by atoms with E-state index in [-0.39, 0.29) is 0 Å². The van der Waals surface area contributed by atoms with Crippen molar-refractivity contribution in [2.75, 3.05) is 0 Å². The molecule has 0 fully saturated rings. The molecule has 0 N–H and O–H groups in total. The van der Waals surface area contributed by atoms with Crippen LogP contribution in [0.1, 0.15) is 10.4 Å². The lowest BCUT2D eigenvalue weighted by atomic mass is 10.2. The molecule has 0 aliphatic carbocycles. The summed E-state index contributed by atoms with van der Waals surface area (Å²) in [5.74, 6) is -0.0769. The van der Waals surface area contributed by atoms with Crippen molar-refractivity contribution in [2.24, 2.45) is 0 Å². The van der Waals surface area contributed by atoms with Gasteiger partial charge in [0, 0.05) is 0 Å². The van der Waals surface area contributed by atoms with Crippen molar-refractivity contribution < 1.29 is 12.5 Å². The van der Waals surface area contributed by atoms with Gasteiger partial charge in [-0.15, -0.1) is 0 Å². The SMILES string of the molecule is O=C(OBr)c1ccccc1OBr. The number of rotatable bonds is 2. The third kappa shape index (κ3) is 1.98. The zero-order valence-corrected chi connectivity index (χ0v) is 8.96. The first kappa shape index (κ1) is 9.54. The molecule has 0 aliphatic heterocycles. The van der Waals surface area contributed by atoms with Crippen molar-refractivity contribution in [2.45, 2.75) is 0 Å². The molecule has 0 radical (unpaired) electrons. The van der Waals surface area contributed by atoms with Crippen LogP contribution in [0.3, 0.4) is 0 Å². The number of benzene rings is 1. The molecule has 0 saturated carbocycles. The van der Waals surface area contributed by atoms with Gasteiger partial charge in [-0.2, -0.15) is 0 Å². The minimum Gasteiger partial charge on any atom is -0.417 e. The van der Waals surface area contributed by atoms with Gasteiger partial charge in [0.05, 0.1) is 0 Å². The van der Waals surface area contributed by atoms with Crippen molar-refractivity contribution in [3.63, 3.8) is 0 Å². The third-order valence-corrected chi connectivity index (χ3v) is 1.90. The van der Waals surface area contributed by atoms with Crippen molar-refractivity contribution in [3.05, 3.63) is 29.8 Å². The van der Waals surface area contributed by atoms with Crippen LogP contribution < -0.4 is 3.83 Å². The molecule has 3 nitrogen and oxygen atoms in total. The Bertz CT molecular complexity index is 288. The molecule has 0 amide bonds. The highest BCUT2D eigenvalue weighted by molar-refractivity contribution is 9.06. The van der Waals surface area contributed by atoms with E-state index in [2.05, 4.69) is 36.3 Å². The summed E-state index contributed by atoms with van der Waals surface area (Å²) < 4.78 is 9.11. The van der Waals surface area contributed by atoms with E-state index < -0.39 is 5.97 Å². The van der Waals surface area contributed by atoms with Crippen LogP contribution in [0, 0.1) is 0 Å². The molecule has 0 spiro atoms. The van der Waals surface area contributed by atoms with Crippen LogP contribution in [0.15, 0.2) is 24.3 Å². The molecule has 0 saturated heterocycles. The largest absolute Gasteiger partial charge is 0.417 e. The summed E-state index contributed by atoms with van der Waals surface area (Å²) in [7, 11) is 0. The lowest BCUT2D eigenvalue weighted by Gasteiger charge is -2.01. The Balaban J connectivity index is 3.04. The molecule has 64 valence electrons. The first-order valence-corrected chi connectivity index (χ1v) is 4.29. The maximum atomic E-state index is 11.0. The molecular weight excluding hydrogens is 292 g/mol. The molecule has 0 unspecified atom stereocenters. The fraction of sp³-hybridized carbons (Fsp3) is 0. The number of hydrogen-bond donors (Lipinski definition) is 0. The summed E-state index contributed by atoms with van der Waals surface area (Å²) in [6, 6.07) is 6.71. The van der Waals surface area contributed by atoms with Gasteiger partial charge in [-0.05, 0) is 12.1 Å². The first-order chi connectivity index (χ1) is 5.79. The lowest BCUT2D eigenvalue weighted by molar-refractivity contribution is 0.0780. The summed E-state index contributed by atoms with van der Waals surface area (Å²) >= 11 is 5.38. The van der Waals surface area contributed by atoms with Crippen LogP contribution >= 0.6 is 32.5 Å². The van der Waals surface area contributed by atoms with E-state index in [4.69, 9.17) is 3.83 Å². The van der Waals surface area contributed by atoms with E-state index in [1.165, 1.54) is 0 Å². The lowest BCUT2D eigenvalue weighted by Crippen LogP contribution is -1.98. The van der Waals surface area contributed by atoms with E-state index in [0.717, 1.165) is 0 Å². The minimum absolute atomic E-state index is 0.353. The summed E-state index contributed by atoms with van der Waals surface area (Å²) in [5.41, 5.74) is 0.353. The highest BCUT2D eigenvalue weighted by Gasteiger charge is 2.11. The van der Waals surface area contributed by atoms with Gasteiger partial charge >= 0.3 is 5.97 Å². The fourth-order valence-corrected chi connectivity index (χ4v) is 1.20. The Morgan fingerprint density at radius 2 is 1.92 bits per heavy atom. The number of halogens is 2. The summed E-state index contributed by atoms with van der Waals surface area (Å²) in [5, 5.41) is 0. The number of carbonyl (C=O) groups excluding carboxylic acids is 1. The molecule has 0 atom stereocenters. The van der Waals surface area contributed by atoms with E-state index in [0.29, 0.717) is 11.3 Å². The van der Waals surface area contributed by atoms with Gasteiger partial charge < -0.3 is 7.66 Å². The maximum Gasteiger partial charge on any atom is 0.353 e. The van der Waals surface area contributed by atoms with Gasteiger partial charge in [-0.1, -0.05) is 12.1 Å². The molecular formula is C7H4Br2O3. The minimum atomic E-state index is -0.495. The Labute approximate surface area is 86.6 Å². The summed E-state index contributed by atoms with van der Waals surface area (Å²) in [6.45, 7) is 0.